The summed E-state index contributed by atoms with van der Waals surface area (Å²) in [4.78, 5) is 22.4. The maximum Gasteiger partial charge on any atom is 0.246 e. The number of benzene rings is 1. The van der Waals surface area contributed by atoms with E-state index in [9.17, 15) is 4.79 Å². The van der Waals surface area contributed by atoms with E-state index in [0.29, 0.717) is 29.1 Å². The second-order valence-electron chi connectivity index (χ2n) is 6.76. The van der Waals surface area contributed by atoms with E-state index >= 15 is 0 Å². The lowest BCUT2D eigenvalue weighted by Gasteiger charge is -2.32. The molecule has 0 unspecified atom stereocenters. The zero-order valence-corrected chi connectivity index (χ0v) is 15.4. The third kappa shape index (κ3) is 2.99. The minimum atomic E-state index is -0.0691. The summed E-state index contributed by atoms with van der Waals surface area (Å²) in [5, 5.41) is 5.55. The summed E-state index contributed by atoms with van der Waals surface area (Å²) in [5.74, 6) is 2.92. The van der Waals surface area contributed by atoms with Crippen LogP contribution in [0.3, 0.4) is 0 Å². The van der Waals surface area contributed by atoms with E-state index in [1.807, 2.05) is 28.9 Å². The Balaban J connectivity index is 1.81. The highest BCUT2D eigenvalue weighted by atomic mass is 16.2. The molecule has 1 atom stereocenters. The van der Waals surface area contributed by atoms with Gasteiger partial charge in [0.15, 0.2) is 5.65 Å². The van der Waals surface area contributed by atoms with Crippen LogP contribution in [-0.2, 0) is 4.79 Å². The highest BCUT2D eigenvalue weighted by Crippen LogP contribution is 2.33. The summed E-state index contributed by atoms with van der Waals surface area (Å²) in [5.41, 5.74) is 9.24. The number of terminal acetylenes is 1. The number of hydrogen-bond acceptors (Lipinski definition) is 5. The molecule has 1 fully saturated rings. The Bertz CT molecular complexity index is 1090. The number of carbonyl (C=O) groups is 1. The van der Waals surface area contributed by atoms with Crippen molar-refractivity contribution in [3.8, 4) is 23.6 Å². The Morgan fingerprint density at radius 2 is 2.11 bits per heavy atom. The van der Waals surface area contributed by atoms with Crippen LogP contribution in [0.1, 0.15) is 24.4 Å². The number of fused-ring (bicyclic) bond motifs is 1. The van der Waals surface area contributed by atoms with Gasteiger partial charge in [0.25, 0.3) is 0 Å². The van der Waals surface area contributed by atoms with Crippen LogP contribution in [-0.4, -0.2) is 43.6 Å². The highest BCUT2D eigenvalue weighted by Gasteiger charge is 2.27. The smallest absolute Gasteiger partial charge is 0.246 e. The van der Waals surface area contributed by atoms with Gasteiger partial charge in [-0.3, -0.25) is 4.79 Å². The van der Waals surface area contributed by atoms with Crippen molar-refractivity contribution in [2.75, 3.05) is 18.8 Å². The quantitative estimate of drug-likeness (QED) is 0.563. The van der Waals surface area contributed by atoms with Crippen LogP contribution >= 0.6 is 0 Å². The molecule has 1 aliphatic rings. The summed E-state index contributed by atoms with van der Waals surface area (Å²) in [6.45, 7) is 4.87. The Labute approximate surface area is 162 Å². The van der Waals surface area contributed by atoms with Crippen LogP contribution in [0.5, 0.6) is 0 Å². The minimum absolute atomic E-state index is 0.00758. The molecule has 7 nitrogen and oxygen atoms in total. The number of nitrogen functional groups attached to an aromatic ring is 1. The standard InChI is InChI=1S/C21H20N6O/c1-3-14-7-9-15(10-8-14)19-18-20(22)23-13-24-21(18)27(25-19)16-6-5-11-26(12-16)17(28)4-2/h1,4,7-10,13,16H,2,5-6,11-12H2,(H2,22,23,24)/t16-/m1/s1. The van der Waals surface area contributed by atoms with Gasteiger partial charge in [0, 0.05) is 24.2 Å². The van der Waals surface area contributed by atoms with Crippen molar-refractivity contribution in [1.29, 1.82) is 0 Å². The van der Waals surface area contributed by atoms with Gasteiger partial charge in [-0.1, -0.05) is 24.6 Å². The largest absolute Gasteiger partial charge is 0.383 e. The van der Waals surface area contributed by atoms with Gasteiger partial charge in [-0.2, -0.15) is 5.10 Å². The molecule has 1 aliphatic heterocycles. The fraction of sp³-hybridized carbons (Fsp3) is 0.238. The van der Waals surface area contributed by atoms with Crippen LogP contribution in [0.2, 0.25) is 0 Å². The highest BCUT2D eigenvalue weighted by molar-refractivity contribution is 5.98. The Morgan fingerprint density at radius 1 is 1.32 bits per heavy atom. The number of nitrogens with two attached hydrogens (primary N) is 1. The summed E-state index contributed by atoms with van der Waals surface area (Å²) < 4.78 is 1.88. The second kappa shape index (κ2) is 7.16. The van der Waals surface area contributed by atoms with Crippen LogP contribution < -0.4 is 5.73 Å². The summed E-state index contributed by atoms with van der Waals surface area (Å²) in [7, 11) is 0. The van der Waals surface area contributed by atoms with Crippen molar-refractivity contribution in [2.24, 2.45) is 0 Å². The van der Waals surface area contributed by atoms with Crippen molar-refractivity contribution in [3.05, 3.63) is 48.8 Å². The van der Waals surface area contributed by atoms with Gasteiger partial charge in [0.2, 0.25) is 5.91 Å². The molecule has 2 aromatic heterocycles. The molecule has 1 saturated heterocycles. The molecule has 3 aromatic rings. The molecule has 0 bridgehead atoms. The average Bonchev–Trinajstić information content (AvgIpc) is 3.14. The predicted molar refractivity (Wildman–Crippen MR) is 108 cm³/mol. The normalized spacial score (nSPS) is 16.7. The zero-order chi connectivity index (χ0) is 19.7. The molecular formula is C21H20N6O. The molecule has 1 aromatic carbocycles. The monoisotopic (exact) mass is 372 g/mol. The first kappa shape index (κ1) is 17.7. The van der Waals surface area contributed by atoms with Crippen LogP contribution in [0, 0.1) is 12.3 Å². The van der Waals surface area contributed by atoms with E-state index < -0.39 is 0 Å². The minimum Gasteiger partial charge on any atom is -0.383 e. The molecule has 4 rings (SSSR count). The molecule has 1 amide bonds. The van der Waals surface area contributed by atoms with Crippen LogP contribution in [0.4, 0.5) is 5.82 Å². The molecular weight excluding hydrogens is 352 g/mol. The van der Waals surface area contributed by atoms with Crippen molar-refractivity contribution >= 4 is 22.8 Å². The molecule has 3 heterocycles. The fourth-order valence-corrected chi connectivity index (χ4v) is 3.66. The molecule has 0 saturated carbocycles. The van der Waals surface area contributed by atoms with E-state index in [2.05, 4.69) is 22.5 Å². The zero-order valence-electron chi connectivity index (χ0n) is 15.4. The summed E-state index contributed by atoms with van der Waals surface area (Å²) in [6.07, 6.45) is 10.0. The SMILES string of the molecule is C#Cc1ccc(-c2nn([C@@H]3CCCN(C(=O)C=C)C3)c3ncnc(N)c23)cc1. The topological polar surface area (TPSA) is 89.9 Å². The average molecular weight is 372 g/mol. The second-order valence-corrected chi connectivity index (χ2v) is 6.76. The lowest BCUT2D eigenvalue weighted by Crippen LogP contribution is -2.40. The van der Waals surface area contributed by atoms with Gasteiger partial charge in [-0.25, -0.2) is 14.6 Å². The lowest BCUT2D eigenvalue weighted by atomic mass is 10.1. The Kier molecular flexibility index (Phi) is 4.53. The van der Waals surface area contributed by atoms with Crippen LogP contribution in [0.15, 0.2) is 43.2 Å². The van der Waals surface area contributed by atoms with E-state index in [1.54, 1.807) is 4.90 Å². The third-order valence-electron chi connectivity index (χ3n) is 5.07. The maximum atomic E-state index is 12.1. The summed E-state index contributed by atoms with van der Waals surface area (Å²) >= 11 is 0. The molecule has 0 radical (unpaired) electrons. The molecule has 0 aliphatic carbocycles. The van der Waals surface area contributed by atoms with Gasteiger partial charge in [-0.15, -0.1) is 6.42 Å². The number of nitrogens with zero attached hydrogens (tertiary/aromatic N) is 5. The van der Waals surface area contributed by atoms with Gasteiger partial charge >= 0.3 is 0 Å². The van der Waals surface area contributed by atoms with Gasteiger partial charge < -0.3 is 10.6 Å². The van der Waals surface area contributed by atoms with Crippen molar-refractivity contribution < 1.29 is 4.79 Å². The van der Waals surface area contributed by atoms with Crippen molar-refractivity contribution in [1.82, 2.24) is 24.6 Å². The molecule has 7 heteroatoms. The summed E-state index contributed by atoms with van der Waals surface area (Å²) in [6, 6.07) is 7.58. The number of aromatic nitrogens is 4. The lowest BCUT2D eigenvalue weighted by molar-refractivity contribution is -0.127. The van der Waals surface area contributed by atoms with E-state index in [4.69, 9.17) is 17.3 Å². The first-order chi connectivity index (χ1) is 13.6. The van der Waals surface area contributed by atoms with Crippen molar-refractivity contribution in [3.63, 3.8) is 0 Å². The van der Waals surface area contributed by atoms with Gasteiger partial charge in [0.05, 0.1) is 11.4 Å². The van der Waals surface area contributed by atoms with E-state index in [0.717, 1.165) is 30.5 Å². The molecule has 2 N–H and O–H groups in total. The van der Waals surface area contributed by atoms with Crippen LogP contribution in [0.25, 0.3) is 22.3 Å². The van der Waals surface area contributed by atoms with E-state index in [-0.39, 0.29) is 11.9 Å². The van der Waals surface area contributed by atoms with E-state index in [1.165, 1.54) is 12.4 Å². The maximum absolute atomic E-state index is 12.1. The first-order valence-electron chi connectivity index (χ1n) is 9.09. The number of amides is 1. The van der Waals surface area contributed by atoms with Gasteiger partial charge in [-0.05, 0) is 31.1 Å². The fourth-order valence-electron chi connectivity index (χ4n) is 3.66. The predicted octanol–water partition coefficient (Wildman–Crippen LogP) is 2.41. The van der Waals surface area contributed by atoms with Crippen molar-refractivity contribution in [2.45, 2.75) is 18.9 Å². The molecule has 0 spiro atoms. The first-order valence-corrected chi connectivity index (χ1v) is 9.09. The Hall–Kier alpha value is -3.66. The Morgan fingerprint density at radius 3 is 2.82 bits per heavy atom. The third-order valence-corrected chi connectivity index (χ3v) is 5.07. The number of carbonyl (C=O) groups excluding carboxylic acids is 1. The number of piperidine rings is 1. The number of anilines is 1. The molecule has 28 heavy (non-hydrogen) atoms. The number of likely N-dealkylation sites (tertiary alicyclic amines) is 1. The van der Waals surface area contributed by atoms with Gasteiger partial charge in [0.1, 0.15) is 17.8 Å². The number of rotatable bonds is 3. The number of hydrogen-bond donors (Lipinski definition) is 1. The molecule has 140 valence electrons.